The fraction of sp³-hybridized carbons (Fsp3) is 0.465. The number of benzene rings is 2. The number of hydrogen-bond donors (Lipinski definition) is 6. The summed E-state index contributed by atoms with van der Waals surface area (Å²) < 4.78 is 10.9. The van der Waals surface area contributed by atoms with Crippen LogP contribution in [-0.4, -0.2) is 101 Å². The number of nitrogens with one attached hydrogen (secondary N) is 6. The molecule has 4 aromatic rings. The summed E-state index contributed by atoms with van der Waals surface area (Å²) in [6, 6.07) is 9.32. The summed E-state index contributed by atoms with van der Waals surface area (Å²) in [7, 11) is 1.54. The van der Waals surface area contributed by atoms with Crippen molar-refractivity contribution < 1.29 is 37.9 Å². The molecule has 5 atom stereocenters. The van der Waals surface area contributed by atoms with E-state index in [1.54, 1.807) is 44.3 Å². The third-order valence-electron chi connectivity index (χ3n) is 10.3. The van der Waals surface area contributed by atoms with Crippen molar-refractivity contribution in [3.63, 3.8) is 0 Å². The Labute approximate surface area is 344 Å². The van der Waals surface area contributed by atoms with E-state index in [-0.39, 0.29) is 49.3 Å². The highest BCUT2D eigenvalue weighted by atomic mass is 16.5. The number of oxazole rings is 1. The average Bonchev–Trinajstić information content (AvgIpc) is 3.76. The fourth-order valence-corrected chi connectivity index (χ4v) is 7.04. The van der Waals surface area contributed by atoms with E-state index < -0.39 is 72.2 Å². The molecule has 1 aliphatic rings. The van der Waals surface area contributed by atoms with Crippen molar-refractivity contribution in [2.45, 2.75) is 97.9 Å². The summed E-state index contributed by atoms with van der Waals surface area (Å²) in [6.45, 7) is 11.6. The summed E-state index contributed by atoms with van der Waals surface area (Å²) in [6.07, 6.45) is 2.06. The molecule has 1 fully saturated rings. The van der Waals surface area contributed by atoms with Crippen LogP contribution >= 0.6 is 0 Å². The number of aromatic nitrogens is 2. The van der Waals surface area contributed by atoms with Gasteiger partial charge in [0.05, 0.1) is 12.8 Å². The number of H-pyrrole nitrogens is 1. The monoisotopic (exact) mass is 812 g/mol. The molecule has 5 rings (SSSR count). The maximum atomic E-state index is 14.4. The number of para-hydroxylation sites is 1. The first-order valence-electron chi connectivity index (χ1n) is 19.9. The molecule has 2 aromatic carbocycles. The lowest BCUT2D eigenvalue weighted by Crippen LogP contribution is -2.60. The van der Waals surface area contributed by atoms with E-state index in [4.69, 9.17) is 9.15 Å². The molecule has 0 bridgehead atoms. The molecule has 316 valence electrons. The second-order valence-corrected chi connectivity index (χ2v) is 15.9. The number of ether oxygens (including phenoxy) is 1. The smallest absolute Gasteiger partial charge is 0.292 e. The number of fused-ring (bicyclic) bond motifs is 1. The minimum absolute atomic E-state index is 0.0387. The molecular formula is C43H56N8O8. The summed E-state index contributed by atoms with van der Waals surface area (Å²) >= 11 is 0. The van der Waals surface area contributed by atoms with Crippen LogP contribution in [0.25, 0.3) is 10.9 Å². The highest BCUT2D eigenvalue weighted by molar-refractivity contribution is 5.98. The van der Waals surface area contributed by atoms with E-state index in [1.807, 2.05) is 52.0 Å². The van der Waals surface area contributed by atoms with Crippen molar-refractivity contribution >= 4 is 46.3 Å². The lowest BCUT2D eigenvalue weighted by Gasteiger charge is -2.32. The van der Waals surface area contributed by atoms with Crippen LogP contribution in [0.2, 0.25) is 0 Å². The Morgan fingerprint density at radius 3 is 2.12 bits per heavy atom. The average molecular weight is 813 g/mol. The van der Waals surface area contributed by atoms with E-state index in [0.717, 1.165) is 16.5 Å². The van der Waals surface area contributed by atoms with Gasteiger partial charge in [-0.25, -0.2) is 4.98 Å². The zero-order valence-corrected chi connectivity index (χ0v) is 34.9. The molecule has 6 N–H and O–H groups in total. The lowest BCUT2D eigenvalue weighted by molar-refractivity contribution is -0.135. The van der Waals surface area contributed by atoms with Crippen LogP contribution in [0.1, 0.15) is 74.3 Å². The van der Waals surface area contributed by atoms with E-state index >= 15 is 0 Å². The van der Waals surface area contributed by atoms with E-state index in [1.165, 1.54) is 18.9 Å². The Bertz CT molecular complexity index is 2140. The third kappa shape index (κ3) is 11.5. The highest BCUT2D eigenvalue weighted by Crippen LogP contribution is 2.21. The quantitative estimate of drug-likeness (QED) is 0.146. The first-order valence-corrected chi connectivity index (χ1v) is 19.9. The first kappa shape index (κ1) is 43.9. The van der Waals surface area contributed by atoms with Crippen LogP contribution < -0.4 is 31.3 Å². The van der Waals surface area contributed by atoms with E-state index in [0.29, 0.717) is 17.0 Å². The second kappa shape index (κ2) is 19.5. The van der Waals surface area contributed by atoms with Crippen LogP contribution in [0.3, 0.4) is 0 Å². The number of rotatable bonds is 9. The standard InChI is InChI=1S/C43H56N8O8/c1-23(2)17-33-41(55)49-34(18-28-13-15-30(58-8)16-14-28)40(54)46-26(6)39(53)50-36(24(3)4)21-51(43(57)38-25(5)45-27(7)59-38)22-37(52)47-35(42(56)48-33)19-29-20-44-32-12-10-9-11-31(29)32/h9-16,20,23-24,26,33-36,44H,17-19,21-22H2,1-8H3,(H,46,54)(H,47,52)(H,48,56)(H,49,55)(H,50,53)/t26-,33+,34+,35-,36-/m1/s1. The zero-order chi connectivity index (χ0) is 43.0. The predicted molar refractivity (Wildman–Crippen MR) is 220 cm³/mol. The number of hydrogen-bond acceptors (Lipinski definition) is 9. The number of amides is 6. The topological polar surface area (TPSA) is 217 Å². The normalized spacial score (nSPS) is 21.6. The van der Waals surface area contributed by atoms with Gasteiger partial charge in [0.1, 0.15) is 36.5 Å². The third-order valence-corrected chi connectivity index (χ3v) is 10.3. The molecular weight excluding hydrogens is 757 g/mol. The van der Waals surface area contributed by atoms with Crippen LogP contribution in [0, 0.1) is 25.7 Å². The van der Waals surface area contributed by atoms with Crippen molar-refractivity contribution in [1.82, 2.24) is 41.5 Å². The number of carbonyl (C=O) groups excluding carboxylic acids is 6. The van der Waals surface area contributed by atoms with Crippen molar-refractivity contribution in [3.8, 4) is 5.75 Å². The fourth-order valence-electron chi connectivity index (χ4n) is 7.04. The molecule has 0 unspecified atom stereocenters. The number of nitrogens with zero attached hydrogens (tertiary/aromatic N) is 2. The molecule has 16 heteroatoms. The minimum atomic E-state index is -1.20. The highest BCUT2D eigenvalue weighted by Gasteiger charge is 2.35. The van der Waals surface area contributed by atoms with Gasteiger partial charge in [-0.3, -0.25) is 28.8 Å². The van der Waals surface area contributed by atoms with Crippen molar-refractivity contribution in [2.75, 3.05) is 20.2 Å². The Hall–Kier alpha value is -6.19. The second-order valence-electron chi connectivity index (χ2n) is 15.9. The molecule has 0 radical (unpaired) electrons. The summed E-state index contributed by atoms with van der Waals surface area (Å²) in [5.74, 6) is -3.23. The maximum absolute atomic E-state index is 14.4. The van der Waals surface area contributed by atoms with Gasteiger partial charge in [0, 0.05) is 49.5 Å². The van der Waals surface area contributed by atoms with Gasteiger partial charge in [0.2, 0.25) is 35.3 Å². The number of aromatic amines is 1. The van der Waals surface area contributed by atoms with Crippen molar-refractivity contribution in [3.05, 3.63) is 83.2 Å². The maximum Gasteiger partial charge on any atom is 0.292 e. The van der Waals surface area contributed by atoms with Crippen LogP contribution in [-0.2, 0) is 36.8 Å². The number of methoxy groups -OCH3 is 1. The van der Waals surface area contributed by atoms with E-state index in [2.05, 4.69) is 36.6 Å². The lowest BCUT2D eigenvalue weighted by atomic mass is 9.99. The molecule has 6 amide bonds. The molecule has 16 nitrogen and oxygen atoms in total. The largest absolute Gasteiger partial charge is 0.497 e. The molecule has 1 saturated heterocycles. The van der Waals surface area contributed by atoms with Gasteiger partial charge in [-0.2, -0.15) is 0 Å². The van der Waals surface area contributed by atoms with Gasteiger partial charge >= 0.3 is 0 Å². The van der Waals surface area contributed by atoms with Gasteiger partial charge in [-0.1, -0.05) is 58.0 Å². The van der Waals surface area contributed by atoms with Crippen LogP contribution in [0.5, 0.6) is 5.75 Å². The number of carbonyl (C=O) groups is 6. The molecule has 59 heavy (non-hydrogen) atoms. The molecule has 1 aliphatic heterocycles. The minimum Gasteiger partial charge on any atom is -0.497 e. The van der Waals surface area contributed by atoms with Crippen molar-refractivity contribution in [1.29, 1.82) is 0 Å². The zero-order valence-electron chi connectivity index (χ0n) is 34.9. The summed E-state index contributed by atoms with van der Waals surface area (Å²) in [5, 5.41) is 15.1. The predicted octanol–water partition coefficient (Wildman–Crippen LogP) is 2.87. The van der Waals surface area contributed by atoms with Crippen LogP contribution in [0.15, 0.2) is 59.1 Å². The van der Waals surface area contributed by atoms with Gasteiger partial charge < -0.3 is 45.6 Å². The molecule has 0 aliphatic carbocycles. The summed E-state index contributed by atoms with van der Waals surface area (Å²) in [4.78, 5) is 93.3. The van der Waals surface area contributed by atoms with Crippen molar-refractivity contribution in [2.24, 2.45) is 11.8 Å². The Morgan fingerprint density at radius 2 is 1.47 bits per heavy atom. The van der Waals surface area contributed by atoms with Gasteiger partial charge in [-0.15, -0.1) is 0 Å². The molecule has 0 saturated carbocycles. The number of aryl methyl sites for hydroxylation is 2. The van der Waals surface area contributed by atoms with Gasteiger partial charge in [0.15, 0.2) is 5.89 Å². The van der Waals surface area contributed by atoms with Gasteiger partial charge in [0.25, 0.3) is 5.91 Å². The first-order chi connectivity index (χ1) is 28.0. The Kier molecular flexibility index (Phi) is 14.5. The SMILES string of the molecule is COc1ccc(C[C@@H]2NC(=O)[C@H](CC(C)C)NC(=O)[C@@H](Cc3c[nH]c4ccccc34)NC(=O)CN(C(=O)c3oc(C)nc3C)C[C@H](C(C)C)NC(=O)[C@@H](C)NC2=O)cc1. The Balaban J connectivity index is 1.56. The summed E-state index contributed by atoms with van der Waals surface area (Å²) in [5.41, 5.74) is 2.60. The Morgan fingerprint density at radius 1 is 0.831 bits per heavy atom. The molecule has 3 heterocycles. The molecule has 0 spiro atoms. The van der Waals surface area contributed by atoms with Crippen LogP contribution in [0.4, 0.5) is 0 Å². The molecule has 2 aromatic heterocycles. The van der Waals surface area contributed by atoms with Gasteiger partial charge in [-0.05, 0) is 61.4 Å². The van der Waals surface area contributed by atoms with E-state index in [9.17, 15) is 28.8 Å².